The summed E-state index contributed by atoms with van der Waals surface area (Å²) in [7, 11) is 0. The number of benzene rings is 2. The quantitative estimate of drug-likeness (QED) is 0.0362. The van der Waals surface area contributed by atoms with Gasteiger partial charge in [-0.15, -0.1) is 0 Å². The van der Waals surface area contributed by atoms with E-state index in [9.17, 15) is 29.8 Å². The molecule has 0 aliphatic carbocycles. The van der Waals surface area contributed by atoms with E-state index in [2.05, 4.69) is 13.8 Å². The van der Waals surface area contributed by atoms with Crippen molar-refractivity contribution in [2.45, 2.75) is 142 Å². The van der Waals surface area contributed by atoms with E-state index in [1.54, 1.807) is 0 Å². The number of carbonyl (C=O) groups is 2. The van der Waals surface area contributed by atoms with Gasteiger partial charge in [0, 0.05) is 37.1 Å². The van der Waals surface area contributed by atoms with Crippen molar-refractivity contribution in [1.82, 2.24) is 0 Å². The fraction of sp³-hybridized carbons (Fsp3) is 0.611. The number of non-ortho nitro benzene ring substituents is 2. The molecule has 2 aromatic carbocycles. The van der Waals surface area contributed by atoms with Gasteiger partial charge in [0.05, 0.1) is 9.85 Å². The zero-order chi connectivity index (χ0) is 33.8. The monoisotopic (exact) mass is 642 g/mol. The molecule has 0 aliphatic rings. The van der Waals surface area contributed by atoms with E-state index in [1.165, 1.54) is 132 Å². The Morgan fingerprint density at radius 3 is 1.00 bits per heavy atom. The van der Waals surface area contributed by atoms with Crippen LogP contribution in [0.3, 0.4) is 0 Å². The van der Waals surface area contributed by atoms with Crippen LogP contribution in [0.5, 0.6) is 11.5 Å². The highest BCUT2D eigenvalue weighted by atomic mass is 16.6. The normalized spacial score (nSPS) is 10.5. The third kappa shape index (κ3) is 21.0. The summed E-state index contributed by atoms with van der Waals surface area (Å²) in [5, 5.41) is 21.1. The first-order valence-electron chi connectivity index (χ1n) is 17.2. The number of nitro benzene ring substituents is 2. The van der Waals surface area contributed by atoms with Gasteiger partial charge in [-0.1, -0.05) is 117 Å². The highest BCUT2D eigenvalue weighted by molar-refractivity contribution is 5.72. The Morgan fingerprint density at radius 2 is 0.739 bits per heavy atom. The maximum Gasteiger partial charge on any atom is 0.311 e. The Kier molecular flexibility index (Phi) is 23.1. The summed E-state index contributed by atoms with van der Waals surface area (Å²) < 4.78 is 10.3. The molecular formula is C36H54N2O8. The summed E-state index contributed by atoms with van der Waals surface area (Å²) in [5.74, 6) is 0.161. The molecule has 2 rings (SSSR count). The van der Waals surface area contributed by atoms with Crippen molar-refractivity contribution in [1.29, 1.82) is 0 Å². The molecule has 0 aliphatic heterocycles. The smallest absolute Gasteiger partial charge is 0.311 e. The highest BCUT2D eigenvalue weighted by Crippen LogP contribution is 2.20. The molecule has 0 N–H and O–H groups in total. The number of nitrogens with zero attached hydrogens (tertiary/aromatic N) is 2. The summed E-state index contributed by atoms with van der Waals surface area (Å²) in [6.45, 7) is 4.43. The van der Waals surface area contributed by atoms with Crippen LogP contribution in [0.15, 0.2) is 48.5 Å². The fourth-order valence-electron chi connectivity index (χ4n) is 4.80. The minimum Gasteiger partial charge on any atom is -0.427 e. The molecule has 0 spiro atoms. The van der Waals surface area contributed by atoms with Gasteiger partial charge in [0.25, 0.3) is 11.4 Å². The largest absolute Gasteiger partial charge is 0.427 e. The van der Waals surface area contributed by atoms with Gasteiger partial charge in [-0.2, -0.15) is 0 Å². The molecule has 0 bridgehead atoms. The average molecular weight is 643 g/mol. The van der Waals surface area contributed by atoms with Crippen molar-refractivity contribution in [3.8, 4) is 11.5 Å². The second-order valence-corrected chi connectivity index (χ2v) is 11.6. The lowest BCUT2D eigenvalue weighted by molar-refractivity contribution is -0.385. The van der Waals surface area contributed by atoms with Crippen LogP contribution in [0.2, 0.25) is 0 Å². The summed E-state index contributed by atoms with van der Waals surface area (Å²) in [6, 6.07) is 11.1. The van der Waals surface area contributed by atoms with Crippen LogP contribution in [0, 0.1) is 20.2 Å². The van der Waals surface area contributed by atoms with Gasteiger partial charge in [0.1, 0.15) is 11.5 Å². The maximum atomic E-state index is 11.7. The third-order valence-electron chi connectivity index (χ3n) is 7.53. The van der Waals surface area contributed by atoms with Gasteiger partial charge in [0.15, 0.2) is 0 Å². The van der Waals surface area contributed by atoms with Crippen LogP contribution >= 0.6 is 0 Å². The Labute approximate surface area is 274 Å². The van der Waals surface area contributed by atoms with Crippen LogP contribution in [-0.2, 0) is 9.59 Å². The lowest BCUT2D eigenvalue weighted by atomic mass is 10.1. The molecule has 0 aromatic heterocycles. The van der Waals surface area contributed by atoms with Crippen LogP contribution < -0.4 is 9.47 Å². The number of rotatable bonds is 24. The highest BCUT2D eigenvalue weighted by Gasteiger charge is 2.09. The van der Waals surface area contributed by atoms with Crippen LogP contribution in [0.1, 0.15) is 142 Å². The van der Waals surface area contributed by atoms with E-state index in [1.807, 2.05) is 0 Å². The minimum atomic E-state index is -0.482. The zero-order valence-corrected chi connectivity index (χ0v) is 27.9. The molecule has 0 amide bonds. The van der Waals surface area contributed by atoms with Crippen molar-refractivity contribution >= 4 is 23.3 Å². The van der Waals surface area contributed by atoms with E-state index in [0.29, 0.717) is 24.3 Å². The fourth-order valence-corrected chi connectivity index (χ4v) is 4.80. The Bertz CT molecular complexity index is 1120. The maximum absolute atomic E-state index is 11.7. The Balaban J connectivity index is 0.000000467. The number of carbonyl (C=O) groups excluding carboxylic acids is 2. The molecule has 46 heavy (non-hydrogen) atoms. The number of unbranched alkanes of at least 4 members (excludes halogenated alkanes) is 16. The second-order valence-electron chi connectivity index (χ2n) is 11.6. The van der Waals surface area contributed by atoms with Gasteiger partial charge in [0.2, 0.25) is 0 Å². The van der Waals surface area contributed by atoms with Gasteiger partial charge in [-0.05, 0) is 37.1 Å². The standard InChI is InChI=1S/C20H31NO4.C16H23NO4/c1-2-3-4-5-6-7-8-9-10-11-12-13-20(22)25-19-16-14-18(15-17-19)21(23)24;1-2-3-4-5-6-7-8-9-16(18)21-15-12-10-14(11-13-15)17(19)20/h14-17H,2-13H2,1H3;10-13H,2-9H2,1H3. The molecule has 10 nitrogen and oxygen atoms in total. The topological polar surface area (TPSA) is 139 Å². The van der Waals surface area contributed by atoms with Gasteiger partial charge >= 0.3 is 11.9 Å². The average Bonchev–Trinajstić information content (AvgIpc) is 3.04. The van der Waals surface area contributed by atoms with Crippen molar-refractivity contribution in [3.05, 3.63) is 68.8 Å². The molecule has 0 fully saturated rings. The summed E-state index contributed by atoms with van der Waals surface area (Å²) in [4.78, 5) is 43.4. The number of ether oxygens (including phenoxy) is 2. The van der Waals surface area contributed by atoms with Crippen molar-refractivity contribution in [2.24, 2.45) is 0 Å². The van der Waals surface area contributed by atoms with E-state index < -0.39 is 9.85 Å². The Hall–Kier alpha value is -3.82. The van der Waals surface area contributed by atoms with Crippen LogP contribution in [0.4, 0.5) is 11.4 Å². The van der Waals surface area contributed by atoms with Gasteiger partial charge < -0.3 is 9.47 Å². The zero-order valence-electron chi connectivity index (χ0n) is 27.9. The molecule has 0 unspecified atom stereocenters. The molecule has 0 atom stereocenters. The van der Waals surface area contributed by atoms with Crippen molar-refractivity contribution in [3.63, 3.8) is 0 Å². The number of hydrogen-bond acceptors (Lipinski definition) is 8. The van der Waals surface area contributed by atoms with E-state index >= 15 is 0 Å². The molecule has 2 aromatic rings. The predicted molar refractivity (Wildman–Crippen MR) is 181 cm³/mol. The van der Waals surface area contributed by atoms with E-state index in [-0.39, 0.29) is 23.3 Å². The first kappa shape index (κ1) is 40.2. The summed E-state index contributed by atoms with van der Waals surface area (Å²) >= 11 is 0. The molecule has 0 radical (unpaired) electrons. The van der Waals surface area contributed by atoms with Crippen molar-refractivity contribution < 1.29 is 28.9 Å². The first-order valence-corrected chi connectivity index (χ1v) is 17.2. The number of hydrogen-bond donors (Lipinski definition) is 0. The van der Waals surface area contributed by atoms with E-state index in [4.69, 9.17) is 9.47 Å². The molecule has 256 valence electrons. The van der Waals surface area contributed by atoms with Crippen LogP contribution in [-0.4, -0.2) is 21.8 Å². The second kappa shape index (κ2) is 26.4. The summed E-state index contributed by atoms with van der Waals surface area (Å²) in [6.07, 6.45) is 22.5. The summed E-state index contributed by atoms with van der Waals surface area (Å²) in [5.41, 5.74) is -0.0213. The van der Waals surface area contributed by atoms with Gasteiger partial charge in [-0.25, -0.2) is 0 Å². The van der Waals surface area contributed by atoms with E-state index in [0.717, 1.165) is 32.1 Å². The molecule has 10 heteroatoms. The lowest BCUT2D eigenvalue weighted by Gasteiger charge is -2.04. The van der Waals surface area contributed by atoms with Crippen LogP contribution in [0.25, 0.3) is 0 Å². The molecule has 0 saturated carbocycles. The SMILES string of the molecule is CCCCCCCCCC(=O)Oc1ccc([N+](=O)[O-])cc1.CCCCCCCCCCCCCC(=O)Oc1ccc([N+](=O)[O-])cc1. The Morgan fingerprint density at radius 1 is 0.478 bits per heavy atom. The van der Waals surface area contributed by atoms with Crippen molar-refractivity contribution in [2.75, 3.05) is 0 Å². The minimum absolute atomic E-state index is 0.00911. The molecule has 0 heterocycles. The third-order valence-corrected chi connectivity index (χ3v) is 7.53. The number of esters is 2. The lowest BCUT2D eigenvalue weighted by Crippen LogP contribution is -2.07. The first-order chi connectivity index (χ1) is 22.3. The predicted octanol–water partition coefficient (Wildman–Crippen LogP) is 10.8. The molecular weight excluding hydrogens is 588 g/mol. The molecule has 0 saturated heterocycles. The van der Waals surface area contributed by atoms with Gasteiger partial charge in [-0.3, -0.25) is 29.8 Å². The number of nitro groups is 2.